The molecule has 1 amide bonds. The summed E-state index contributed by atoms with van der Waals surface area (Å²) in [5.41, 5.74) is 5.47. The second-order valence-corrected chi connectivity index (χ2v) is 3.47. The Kier molecular flexibility index (Phi) is 6.70. The predicted octanol–water partition coefficient (Wildman–Crippen LogP) is 0.0391. The van der Waals surface area contributed by atoms with Crippen LogP contribution in [0.3, 0.4) is 0 Å². The van der Waals surface area contributed by atoms with Gasteiger partial charge in [-0.15, -0.1) is 0 Å². The summed E-state index contributed by atoms with van der Waals surface area (Å²) in [7, 11) is 1.29. The molecule has 2 atom stereocenters. The van der Waals surface area contributed by atoms with Crippen molar-refractivity contribution in [3.63, 3.8) is 0 Å². The van der Waals surface area contributed by atoms with Crippen molar-refractivity contribution < 1.29 is 14.3 Å². The minimum atomic E-state index is -0.617. The van der Waals surface area contributed by atoms with Gasteiger partial charge in [-0.05, 0) is 13.3 Å². The van der Waals surface area contributed by atoms with E-state index in [0.717, 1.165) is 12.8 Å². The summed E-state index contributed by atoms with van der Waals surface area (Å²) in [5, 5.41) is 2.57. The molecular weight excluding hydrogens is 196 g/mol. The van der Waals surface area contributed by atoms with Crippen LogP contribution in [0.5, 0.6) is 0 Å². The standard InChI is InChI=1S/C10H20N2O3/c1-4-5-8(6-11)9(13)12-7(2)10(14)15-3/h7-8H,4-6,11H2,1-3H3,(H,12,13)/t7-,8?/m0/s1. The van der Waals surface area contributed by atoms with Crippen LogP contribution in [-0.4, -0.2) is 31.6 Å². The first kappa shape index (κ1) is 13.9. The molecule has 5 nitrogen and oxygen atoms in total. The van der Waals surface area contributed by atoms with Crippen molar-refractivity contribution in [2.45, 2.75) is 32.7 Å². The lowest BCUT2D eigenvalue weighted by molar-refractivity contribution is -0.145. The van der Waals surface area contributed by atoms with Crippen LogP contribution in [0.2, 0.25) is 0 Å². The average molecular weight is 216 g/mol. The maximum atomic E-state index is 11.6. The van der Waals surface area contributed by atoms with Gasteiger partial charge in [0.2, 0.25) is 5.91 Å². The molecule has 0 aromatic carbocycles. The van der Waals surface area contributed by atoms with Gasteiger partial charge in [-0.25, -0.2) is 4.79 Å². The first-order valence-electron chi connectivity index (χ1n) is 5.15. The number of nitrogens with one attached hydrogen (secondary N) is 1. The van der Waals surface area contributed by atoms with Crippen molar-refractivity contribution in [3.05, 3.63) is 0 Å². The highest BCUT2D eigenvalue weighted by atomic mass is 16.5. The third kappa shape index (κ3) is 4.78. The number of rotatable bonds is 6. The summed E-state index contributed by atoms with van der Waals surface area (Å²) in [6, 6.07) is -0.617. The van der Waals surface area contributed by atoms with E-state index in [-0.39, 0.29) is 11.8 Å². The molecule has 0 bridgehead atoms. The van der Waals surface area contributed by atoms with E-state index < -0.39 is 12.0 Å². The molecule has 0 spiro atoms. The van der Waals surface area contributed by atoms with Crippen LogP contribution < -0.4 is 11.1 Å². The Labute approximate surface area is 90.4 Å². The van der Waals surface area contributed by atoms with Gasteiger partial charge in [0.15, 0.2) is 0 Å². The van der Waals surface area contributed by atoms with E-state index in [9.17, 15) is 9.59 Å². The summed E-state index contributed by atoms with van der Waals surface area (Å²) >= 11 is 0. The fourth-order valence-electron chi connectivity index (χ4n) is 1.27. The zero-order valence-corrected chi connectivity index (χ0v) is 9.58. The molecule has 15 heavy (non-hydrogen) atoms. The monoisotopic (exact) mass is 216 g/mol. The number of nitrogens with two attached hydrogens (primary N) is 1. The van der Waals surface area contributed by atoms with Gasteiger partial charge in [0.25, 0.3) is 0 Å². The lowest BCUT2D eigenvalue weighted by Crippen LogP contribution is -2.44. The summed E-state index contributed by atoms with van der Waals surface area (Å²) in [6.07, 6.45) is 1.62. The van der Waals surface area contributed by atoms with Gasteiger partial charge in [0, 0.05) is 6.54 Å². The van der Waals surface area contributed by atoms with E-state index in [1.165, 1.54) is 7.11 Å². The normalized spacial score (nSPS) is 14.1. The zero-order chi connectivity index (χ0) is 11.8. The minimum Gasteiger partial charge on any atom is -0.467 e. The Bertz CT molecular complexity index is 219. The topological polar surface area (TPSA) is 81.4 Å². The number of carbonyl (C=O) groups is 2. The Morgan fingerprint density at radius 3 is 2.47 bits per heavy atom. The zero-order valence-electron chi connectivity index (χ0n) is 9.58. The van der Waals surface area contributed by atoms with Crippen molar-refractivity contribution in [1.82, 2.24) is 5.32 Å². The van der Waals surface area contributed by atoms with Crippen molar-refractivity contribution in [3.8, 4) is 0 Å². The molecule has 0 heterocycles. The number of ether oxygens (including phenoxy) is 1. The third-order valence-electron chi connectivity index (χ3n) is 2.21. The van der Waals surface area contributed by atoms with Crippen molar-refractivity contribution in [2.75, 3.05) is 13.7 Å². The van der Waals surface area contributed by atoms with Gasteiger partial charge in [-0.3, -0.25) is 4.79 Å². The fraction of sp³-hybridized carbons (Fsp3) is 0.800. The molecule has 0 aliphatic heterocycles. The number of methoxy groups -OCH3 is 1. The van der Waals surface area contributed by atoms with Crippen LogP contribution in [0, 0.1) is 5.92 Å². The summed E-state index contributed by atoms with van der Waals surface area (Å²) in [4.78, 5) is 22.6. The van der Waals surface area contributed by atoms with Gasteiger partial charge in [0.05, 0.1) is 13.0 Å². The molecule has 0 rings (SSSR count). The predicted molar refractivity (Wildman–Crippen MR) is 57.1 cm³/mol. The maximum Gasteiger partial charge on any atom is 0.328 e. The number of hydrogen-bond donors (Lipinski definition) is 2. The molecule has 88 valence electrons. The summed E-state index contributed by atoms with van der Waals surface area (Å²) < 4.78 is 4.50. The molecule has 0 fully saturated rings. The Hall–Kier alpha value is -1.10. The van der Waals surface area contributed by atoms with E-state index in [0.29, 0.717) is 6.54 Å². The Morgan fingerprint density at radius 2 is 2.07 bits per heavy atom. The van der Waals surface area contributed by atoms with Gasteiger partial charge in [-0.1, -0.05) is 13.3 Å². The SMILES string of the molecule is CCCC(CN)C(=O)N[C@@H](C)C(=O)OC. The second-order valence-electron chi connectivity index (χ2n) is 3.47. The van der Waals surface area contributed by atoms with Crippen molar-refractivity contribution >= 4 is 11.9 Å². The first-order valence-corrected chi connectivity index (χ1v) is 5.15. The molecule has 0 aliphatic carbocycles. The molecule has 0 saturated heterocycles. The van der Waals surface area contributed by atoms with Crippen LogP contribution in [0.15, 0.2) is 0 Å². The Morgan fingerprint density at radius 1 is 1.47 bits per heavy atom. The van der Waals surface area contributed by atoms with E-state index in [1.807, 2.05) is 6.92 Å². The highest BCUT2D eigenvalue weighted by Crippen LogP contribution is 2.04. The number of amides is 1. The van der Waals surface area contributed by atoms with Gasteiger partial charge >= 0.3 is 5.97 Å². The van der Waals surface area contributed by atoms with Crippen LogP contribution in [-0.2, 0) is 14.3 Å². The number of carbonyl (C=O) groups excluding carboxylic acids is 2. The molecule has 1 unspecified atom stereocenters. The molecule has 0 aromatic rings. The molecule has 0 aromatic heterocycles. The summed E-state index contributed by atoms with van der Waals surface area (Å²) in [6.45, 7) is 3.87. The van der Waals surface area contributed by atoms with Crippen LogP contribution in [0.25, 0.3) is 0 Å². The molecule has 0 saturated carbocycles. The highest BCUT2D eigenvalue weighted by Gasteiger charge is 2.21. The van der Waals surface area contributed by atoms with Crippen molar-refractivity contribution in [2.24, 2.45) is 11.7 Å². The van der Waals surface area contributed by atoms with Crippen molar-refractivity contribution in [1.29, 1.82) is 0 Å². The lowest BCUT2D eigenvalue weighted by atomic mass is 10.0. The quantitative estimate of drug-likeness (QED) is 0.614. The summed E-state index contributed by atoms with van der Waals surface area (Å²) in [5.74, 6) is -0.852. The molecule has 3 N–H and O–H groups in total. The van der Waals surface area contributed by atoms with Gasteiger partial charge in [-0.2, -0.15) is 0 Å². The smallest absolute Gasteiger partial charge is 0.328 e. The Balaban J connectivity index is 4.15. The van der Waals surface area contributed by atoms with Crippen LogP contribution >= 0.6 is 0 Å². The maximum absolute atomic E-state index is 11.6. The highest BCUT2D eigenvalue weighted by molar-refractivity contribution is 5.85. The average Bonchev–Trinajstić information content (AvgIpc) is 2.24. The van der Waals surface area contributed by atoms with Crippen LogP contribution in [0.4, 0.5) is 0 Å². The molecule has 5 heteroatoms. The number of esters is 1. The lowest BCUT2D eigenvalue weighted by Gasteiger charge is -2.17. The van der Waals surface area contributed by atoms with E-state index >= 15 is 0 Å². The van der Waals surface area contributed by atoms with E-state index in [2.05, 4.69) is 10.1 Å². The first-order chi connectivity index (χ1) is 7.06. The van der Waals surface area contributed by atoms with Gasteiger partial charge in [0.1, 0.15) is 6.04 Å². The van der Waals surface area contributed by atoms with Crippen LogP contribution in [0.1, 0.15) is 26.7 Å². The van der Waals surface area contributed by atoms with Gasteiger partial charge < -0.3 is 15.8 Å². The van der Waals surface area contributed by atoms with E-state index in [4.69, 9.17) is 5.73 Å². The third-order valence-corrected chi connectivity index (χ3v) is 2.21. The second kappa shape index (κ2) is 7.23. The number of hydrogen-bond acceptors (Lipinski definition) is 4. The minimum absolute atomic E-state index is 0.183. The van der Waals surface area contributed by atoms with E-state index in [1.54, 1.807) is 6.92 Å². The molecule has 0 aliphatic rings. The fourth-order valence-corrected chi connectivity index (χ4v) is 1.27. The molecular formula is C10H20N2O3. The molecule has 0 radical (unpaired) electrons. The largest absolute Gasteiger partial charge is 0.467 e.